The molecule has 0 heterocycles. The van der Waals surface area contributed by atoms with Gasteiger partial charge in [0.15, 0.2) is 0 Å². The van der Waals surface area contributed by atoms with Crippen molar-refractivity contribution in [1.29, 1.82) is 0 Å². The Morgan fingerprint density at radius 2 is 2.42 bits per heavy atom. The minimum atomic E-state index is -0.694. The van der Waals surface area contributed by atoms with Crippen molar-refractivity contribution in [3.8, 4) is 5.75 Å². The molecule has 0 aromatic heterocycles. The van der Waals surface area contributed by atoms with Gasteiger partial charge in [-0.25, -0.2) is 4.79 Å². The lowest BCUT2D eigenvalue weighted by molar-refractivity contribution is -0.145. The topological polar surface area (TPSA) is 107 Å². The van der Waals surface area contributed by atoms with E-state index in [1.807, 2.05) is 0 Å². The predicted molar refractivity (Wildman–Crippen MR) is 69.5 cm³/mol. The molecule has 0 fully saturated rings. The number of nitrogens with zero attached hydrogens (tertiary/aromatic N) is 3. The van der Waals surface area contributed by atoms with E-state index in [1.165, 1.54) is 12.1 Å². The fourth-order valence-corrected chi connectivity index (χ4v) is 1.57. The van der Waals surface area contributed by atoms with E-state index in [0.717, 1.165) is 0 Å². The molecule has 1 unspecified atom stereocenters. The predicted octanol–water partition coefficient (Wildman–Crippen LogP) is 1.90. The summed E-state index contributed by atoms with van der Waals surface area (Å²) in [7, 11) is 0. The van der Waals surface area contributed by atoms with Crippen LogP contribution < -0.4 is 5.32 Å². The maximum absolute atomic E-state index is 11.8. The van der Waals surface area contributed by atoms with Gasteiger partial charge in [-0.1, -0.05) is 17.2 Å². The summed E-state index contributed by atoms with van der Waals surface area (Å²) >= 11 is 0. The molecule has 0 spiro atoms. The summed E-state index contributed by atoms with van der Waals surface area (Å²) in [5, 5.41) is 15.7. The average molecular weight is 264 g/mol. The highest BCUT2D eigenvalue weighted by atomic mass is 16.5. The maximum atomic E-state index is 11.8. The van der Waals surface area contributed by atoms with E-state index in [0.29, 0.717) is 12.1 Å². The molecule has 7 heteroatoms. The molecule has 0 aliphatic carbocycles. The SMILES string of the molecule is CCOC(=O)C(NCCN=[N+]=[N-])c1cccc(O)c1. The lowest BCUT2D eigenvalue weighted by atomic mass is 10.1. The number of aromatic hydroxyl groups is 1. The number of phenols is 1. The number of hydrogen-bond acceptors (Lipinski definition) is 5. The smallest absolute Gasteiger partial charge is 0.327 e. The van der Waals surface area contributed by atoms with Gasteiger partial charge in [-0.15, -0.1) is 0 Å². The Labute approximate surface area is 110 Å². The van der Waals surface area contributed by atoms with Crippen LogP contribution in [0.1, 0.15) is 18.5 Å². The molecule has 2 N–H and O–H groups in total. The summed E-state index contributed by atoms with van der Waals surface area (Å²) in [5.41, 5.74) is 8.78. The molecule has 0 radical (unpaired) electrons. The quantitative estimate of drug-likeness (QED) is 0.258. The molecule has 1 rings (SSSR count). The minimum Gasteiger partial charge on any atom is -0.508 e. The van der Waals surface area contributed by atoms with E-state index in [4.69, 9.17) is 10.3 Å². The lowest BCUT2D eigenvalue weighted by Gasteiger charge is -2.17. The number of benzene rings is 1. The normalized spacial score (nSPS) is 11.4. The van der Waals surface area contributed by atoms with Crippen molar-refractivity contribution in [1.82, 2.24) is 5.32 Å². The third kappa shape index (κ3) is 4.87. The second-order valence-electron chi connectivity index (χ2n) is 3.69. The van der Waals surface area contributed by atoms with Gasteiger partial charge in [-0.2, -0.15) is 0 Å². The molecule has 0 bridgehead atoms. The van der Waals surface area contributed by atoms with Crippen LogP contribution in [0.25, 0.3) is 10.4 Å². The first-order chi connectivity index (χ1) is 9.19. The van der Waals surface area contributed by atoms with E-state index < -0.39 is 12.0 Å². The van der Waals surface area contributed by atoms with Crippen molar-refractivity contribution in [2.24, 2.45) is 5.11 Å². The first kappa shape index (κ1) is 14.8. The summed E-state index contributed by atoms with van der Waals surface area (Å²) in [6.45, 7) is 2.55. The van der Waals surface area contributed by atoms with Crippen LogP contribution in [0.15, 0.2) is 29.4 Å². The molecular formula is C12H16N4O3. The second kappa shape index (κ2) is 7.97. The zero-order valence-corrected chi connectivity index (χ0v) is 10.6. The largest absolute Gasteiger partial charge is 0.508 e. The molecule has 7 nitrogen and oxygen atoms in total. The molecule has 19 heavy (non-hydrogen) atoms. The minimum absolute atomic E-state index is 0.0728. The fraction of sp³-hybridized carbons (Fsp3) is 0.417. The van der Waals surface area contributed by atoms with Crippen molar-refractivity contribution in [2.45, 2.75) is 13.0 Å². The van der Waals surface area contributed by atoms with Crippen molar-refractivity contribution >= 4 is 5.97 Å². The van der Waals surface area contributed by atoms with Crippen LogP contribution in [0.4, 0.5) is 0 Å². The van der Waals surface area contributed by atoms with Gasteiger partial charge in [0.05, 0.1) is 6.61 Å². The number of carbonyl (C=O) groups is 1. The van der Waals surface area contributed by atoms with E-state index in [2.05, 4.69) is 15.3 Å². The summed E-state index contributed by atoms with van der Waals surface area (Å²) in [5.74, 6) is -0.363. The molecule has 1 aromatic rings. The van der Waals surface area contributed by atoms with Crippen LogP contribution in [0.5, 0.6) is 5.75 Å². The molecule has 1 atom stereocenters. The number of phenolic OH excluding ortho intramolecular Hbond substituents is 1. The summed E-state index contributed by atoms with van der Waals surface area (Å²) in [6.07, 6.45) is 0. The van der Waals surface area contributed by atoms with E-state index in [-0.39, 0.29) is 18.9 Å². The van der Waals surface area contributed by atoms with Crippen LogP contribution in [-0.2, 0) is 9.53 Å². The highest BCUT2D eigenvalue weighted by molar-refractivity contribution is 5.77. The Balaban J connectivity index is 2.79. The van der Waals surface area contributed by atoms with E-state index in [1.54, 1.807) is 19.1 Å². The van der Waals surface area contributed by atoms with Gasteiger partial charge in [0.1, 0.15) is 11.8 Å². The highest BCUT2D eigenvalue weighted by Gasteiger charge is 2.21. The van der Waals surface area contributed by atoms with Gasteiger partial charge in [0.25, 0.3) is 0 Å². The van der Waals surface area contributed by atoms with E-state index in [9.17, 15) is 9.90 Å². The van der Waals surface area contributed by atoms with Gasteiger partial charge in [-0.05, 0) is 30.2 Å². The number of esters is 1. The maximum Gasteiger partial charge on any atom is 0.327 e. The molecule has 0 saturated heterocycles. The van der Waals surface area contributed by atoms with Gasteiger partial charge in [-0.3, -0.25) is 0 Å². The molecule has 102 valence electrons. The van der Waals surface area contributed by atoms with Crippen molar-refractivity contribution in [3.05, 3.63) is 40.3 Å². The summed E-state index contributed by atoms with van der Waals surface area (Å²) in [6, 6.07) is 5.67. The molecule has 0 aliphatic heterocycles. The number of rotatable bonds is 7. The third-order valence-electron chi connectivity index (χ3n) is 2.35. The fourth-order valence-electron chi connectivity index (χ4n) is 1.57. The third-order valence-corrected chi connectivity index (χ3v) is 2.35. The zero-order chi connectivity index (χ0) is 14.1. The molecule has 0 aliphatic rings. The summed E-state index contributed by atoms with van der Waals surface area (Å²) in [4.78, 5) is 14.5. The Morgan fingerprint density at radius 3 is 3.05 bits per heavy atom. The molecule has 0 saturated carbocycles. The summed E-state index contributed by atoms with van der Waals surface area (Å²) < 4.78 is 4.97. The number of nitrogens with one attached hydrogen (secondary N) is 1. The Bertz CT molecular complexity index is 472. The van der Waals surface area contributed by atoms with Crippen LogP contribution in [0.2, 0.25) is 0 Å². The highest BCUT2D eigenvalue weighted by Crippen LogP contribution is 2.19. The zero-order valence-electron chi connectivity index (χ0n) is 10.6. The number of azide groups is 1. The van der Waals surface area contributed by atoms with Gasteiger partial charge in [0, 0.05) is 18.0 Å². The first-order valence-corrected chi connectivity index (χ1v) is 5.88. The van der Waals surface area contributed by atoms with E-state index >= 15 is 0 Å². The molecule has 0 amide bonds. The average Bonchev–Trinajstić information content (AvgIpc) is 2.39. The Kier molecular flexibility index (Phi) is 6.21. The van der Waals surface area contributed by atoms with Gasteiger partial charge < -0.3 is 15.2 Å². The number of ether oxygens (including phenoxy) is 1. The monoisotopic (exact) mass is 264 g/mol. The standard InChI is InChI=1S/C12H16N4O3/c1-2-19-12(18)11(14-6-7-15-16-13)9-4-3-5-10(17)8-9/h3-5,8,11,14,17H,2,6-7H2,1H3. The van der Waals surface area contributed by atoms with Crippen molar-refractivity contribution < 1.29 is 14.6 Å². The molecular weight excluding hydrogens is 248 g/mol. The van der Waals surface area contributed by atoms with Gasteiger partial charge in [0.2, 0.25) is 0 Å². The van der Waals surface area contributed by atoms with Crippen LogP contribution >= 0.6 is 0 Å². The lowest BCUT2D eigenvalue weighted by Crippen LogP contribution is -2.31. The number of carbonyl (C=O) groups excluding carboxylic acids is 1. The van der Waals surface area contributed by atoms with Crippen LogP contribution in [0, 0.1) is 0 Å². The Hall–Kier alpha value is -2.24. The Morgan fingerprint density at radius 1 is 1.63 bits per heavy atom. The number of hydrogen-bond donors (Lipinski definition) is 2. The van der Waals surface area contributed by atoms with Crippen molar-refractivity contribution in [3.63, 3.8) is 0 Å². The second-order valence-corrected chi connectivity index (χ2v) is 3.69. The van der Waals surface area contributed by atoms with Gasteiger partial charge >= 0.3 is 5.97 Å². The first-order valence-electron chi connectivity index (χ1n) is 5.88. The van der Waals surface area contributed by atoms with Crippen LogP contribution in [0.3, 0.4) is 0 Å². The van der Waals surface area contributed by atoms with Crippen LogP contribution in [-0.4, -0.2) is 30.8 Å². The van der Waals surface area contributed by atoms with Crippen molar-refractivity contribution in [2.75, 3.05) is 19.7 Å². The molecule has 1 aromatic carbocycles.